The van der Waals surface area contributed by atoms with Gasteiger partial charge < -0.3 is 9.80 Å². The Morgan fingerprint density at radius 1 is 1.00 bits per heavy atom. The molecule has 1 fully saturated rings. The molecule has 0 N–H and O–H groups in total. The van der Waals surface area contributed by atoms with Crippen molar-refractivity contribution in [3.05, 3.63) is 59.7 Å². The average molecular weight is 388 g/mol. The van der Waals surface area contributed by atoms with E-state index in [1.54, 1.807) is 4.90 Å². The molecule has 4 nitrogen and oxygen atoms in total. The molecule has 2 atom stereocenters. The van der Waals surface area contributed by atoms with Gasteiger partial charge in [-0.15, -0.1) is 0 Å². The lowest BCUT2D eigenvalue weighted by Crippen LogP contribution is -2.41. The largest absolute Gasteiger partial charge is 0.418 e. The molecule has 2 aliphatic heterocycles. The second kappa shape index (κ2) is 6.65. The van der Waals surface area contributed by atoms with Crippen molar-refractivity contribution in [2.24, 2.45) is 5.92 Å². The predicted molar refractivity (Wildman–Crippen MR) is 99.0 cm³/mol. The molecule has 2 heterocycles. The van der Waals surface area contributed by atoms with Crippen molar-refractivity contribution in [1.29, 1.82) is 0 Å². The summed E-state index contributed by atoms with van der Waals surface area (Å²) in [5.41, 5.74) is 0.829. The molecule has 2 aliphatic rings. The standard InChI is InChI=1S/C21H19F3N2O2/c1-13-10-14-6-2-4-8-17(14)26(13)20(28)15-11-19(27)25(12-15)18-9-5-3-7-16(18)21(22,23)24/h2-9,13,15H,10-12H2,1H3. The summed E-state index contributed by atoms with van der Waals surface area (Å²) in [5, 5.41) is 0. The predicted octanol–water partition coefficient (Wildman–Crippen LogP) is 4.04. The monoisotopic (exact) mass is 388 g/mol. The van der Waals surface area contributed by atoms with Crippen molar-refractivity contribution in [1.82, 2.24) is 0 Å². The van der Waals surface area contributed by atoms with Gasteiger partial charge in [0, 0.05) is 24.7 Å². The SMILES string of the molecule is CC1Cc2ccccc2N1C(=O)C1CC(=O)N(c2ccccc2C(F)(F)F)C1. The van der Waals surface area contributed by atoms with Crippen LogP contribution in [0.1, 0.15) is 24.5 Å². The number of anilines is 2. The van der Waals surface area contributed by atoms with Gasteiger partial charge in [0.1, 0.15) is 0 Å². The zero-order valence-electron chi connectivity index (χ0n) is 15.2. The van der Waals surface area contributed by atoms with E-state index in [-0.39, 0.29) is 30.6 Å². The van der Waals surface area contributed by atoms with E-state index in [0.717, 1.165) is 28.6 Å². The summed E-state index contributed by atoms with van der Waals surface area (Å²) < 4.78 is 40.0. The Bertz CT molecular complexity index is 941. The Hall–Kier alpha value is -2.83. The number of nitrogens with zero attached hydrogens (tertiary/aromatic N) is 2. The molecule has 2 aromatic carbocycles. The zero-order chi connectivity index (χ0) is 20.1. The highest BCUT2D eigenvalue weighted by Crippen LogP contribution is 2.40. The summed E-state index contributed by atoms with van der Waals surface area (Å²) in [4.78, 5) is 28.4. The van der Waals surface area contributed by atoms with E-state index >= 15 is 0 Å². The molecule has 2 amide bonds. The summed E-state index contributed by atoms with van der Waals surface area (Å²) in [7, 11) is 0. The number of benzene rings is 2. The quantitative estimate of drug-likeness (QED) is 0.779. The molecule has 0 radical (unpaired) electrons. The lowest BCUT2D eigenvalue weighted by molar-refractivity contribution is -0.137. The second-order valence-corrected chi connectivity index (χ2v) is 7.31. The van der Waals surface area contributed by atoms with Gasteiger partial charge in [0.05, 0.1) is 17.2 Å². The molecule has 4 rings (SSSR count). The highest BCUT2D eigenvalue weighted by atomic mass is 19.4. The Labute approximate surface area is 160 Å². The number of hydrogen-bond donors (Lipinski definition) is 0. The highest BCUT2D eigenvalue weighted by molar-refractivity contribution is 6.05. The van der Waals surface area contributed by atoms with Crippen LogP contribution in [-0.4, -0.2) is 24.4 Å². The number of carbonyl (C=O) groups excluding carboxylic acids is 2. The molecule has 0 bridgehead atoms. The molecule has 2 aromatic rings. The van der Waals surface area contributed by atoms with E-state index in [4.69, 9.17) is 0 Å². The number of fused-ring (bicyclic) bond motifs is 1. The van der Waals surface area contributed by atoms with Crippen LogP contribution >= 0.6 is 0 Å². The first kappa shape index (κ1) is 18.5. The fourth-order valence-corrected chi connectivity index (χ4v) is 4.15. The van der Waals surface area contributed by atoms with Crippen LogP contribution in [0, 0.1) is 5.92 Å². The van der Waals surface area contributed by atoms with Crippen molar-refractivity contribution in [3.8, 4) is 0 Å². The molecular weight excluding hydrogens is 369 g/mol. The minimum absolute atomic E-state index is 0.0449. The Morgan fingerprint density at radius 3 is 2.36 bits per heavy atom. The molecule has 0 aromatic heterocycles. The van der Waals surface area contributed by atoms with Crippen molar-refractivity contribution in [3.63, 3.8) is 0 Å². The maximum Gasteiger partial charge on any atom is 0.418 e. The zero-order valence-corrected chi connectivity index (χ0v) is 15.2. The van der Waals surface area contributed by atoms with Crippen LogP contribution in [0.4, 0.5) is 24.5 Å². The number of hydrogen-bond acceptors (Lipinski definition) is 2. The molecule has 28 heavy (non-hydrogen) atoms. The first-order valence-electron chi connectivity index (χ1n) is 9.15. The molecule has 1 saturated heterocycles. The molecular formula is C21H19F3N2O2. The van der Waals surface area contributed by atoms with Crippen molar-refractivity contribution < 1.29 is 22.8 Å². The van der Waals surface area contributed by atoms with Gasteiger partial charge in [-0.1, -0.05) is 30.3 Å². The topological polar surface area (TPSA) is 40.6 Å². The minimum Gasteiger partial charge on any atom is -0.311 e. The lowest BCUT2D eigenvalue weighted by atomic mass is 10.1. The van der Waals surface area contributed by atoms with Gasteiger partial charge in [-0.25, -0.2) is 0 Å². The van der Waals surface area contributed by atoms with Crippen LogP contribution in [0.5, 0.6) is 0 Å². The van der Waals surface area contributed by atoms with Gasteiger partial charge in [-0.3, -0.25) is 9.59 Å². The summed E-state index contributed by atoms with van der Waals surface area (Å²) in [5.74, 6) is -1.34. The maximum absolute atomic E-state index is 13.3. The van der Waals surface area contributed by atoms with E-state index in [0.29, 0.717) is 0 Å². The number of para-hydroxylation sites is 2. The fraction of sp³-hybridized carbons (Fsp3) is 0.333. The van der Waals surface area contributed by atoms with Crippen LogP contribution in [0.2, 0.25) is 0 Å². The van der Waals surface area contributed by atoms with Crippen molar-refractivity contribution in [2.45, 2.75) is 32.0 Å². The molecule has 0 aliphatic carbocycles. The van der Waals surface area contributed by atoms with Crippen molar-refractivity contribution in [2.75, 3.05) is 16.3 Å². The highest BCUT2D eigenvalue weighted by Gasteiger charge is 2.43. The van der Waals surface area contributed by atoms with E-state index in [2.05, 4.69) is 0 Å². The normalized spacial score (nSPS) is 21.9. The second-order valence-electron chi connectivity index (χ2n) is 7.31. The first-order valence-corrected chi connectivity index (χ1v) is 9.15. The van der Waals surface area contributed by atoms with Gasteiger partial charge >= 0.3 is 6.18 Å². The average Bonchev–Trinajstić information content (AvgIpc) is 3.19. The third-order valence-corrected chi connectivity index (χ3v) is 5.42. The summed E-state index contributed by atoms with van der Waals surface area (Å²) in [6.07, 6.45) is -3.93. The molecule has 7 heteroatoms. The number of carbonyl (C=O) groups is 2. The Balaban J connectivity index is 1.61. The smallest absolute Gasteiger partial charge is 0.311 e. The number of alkyl halides is 3. The summed E-state index contributed by atoms with van der Waals surface area (Å²) in [6.45, 7) is 1.89. The number of rotatable bonds is 2. The Morgan fingerprint density at radius 2 is 1.64 bits per heavy atom. The third-order valence-electron chi connectivity index (χ3n) is 5.42. The first-order chi connectivity index (χ1) is 13.3. The fourth-order valence-electron chi connectivity index (χ4n) is 4.15. The number of halogens is 3. The van der Waals surface area contributed by atoms with Gasteiger partial charge in [0.15, 0.2) is 0 Å². The van der Waals surface area contributed by atoms with Crippen LogP contribution < -0.4 is 9.80 Å². The van der Waals surface area contributed by atoms with E-state index < -0.39 is 23.6 Å². The van der Waals surface area contributed by atoms with Gasteiger partial charge in [-0.2, -0.15) is 13.2 Å². The molecule has 0 saturated carbocycles. The van der Waals surface area contributed by atoms with Gasteiger partial charge in [0.25, 0.3) is 0 Å². The summed E-state index contributed by atoms with van der Waals surface area (Å²) in [6, 6.07) is 12.5. The minimum atomic E-state index is -4.57. The van der Waals surface area contributed by atoms with E-state index in [9.17, 15) is 22.8 Å². The van der Waals surface area contributed by atoms with Crippen LogP contribution in [-0.2, 0) is 22.2 Å². The molecule has 146 valence electrons. The lowest BCUT2D eigenvalue weighted by Gasteiger charge is -2.26. The third kappa shape index (κ3) is 3.04. The maximum atomic E-state index is 13.3. The Kier molecular flexibility index (Phi) is 4.40. The van der Waals surface area contributed by atoms with Gasteiger partial charge in [-0.05, 0) is 37.1 Å². The summed E-state index contributed by atoms with van der Waals surface area (Å²) >= 11 is 0. The molecule has 2 unspecified atom stereocenters. The molecule has 0 spiro atoms. The number of amides is 2. The van der Waals surface area contributed by atoms with Gasteiger partial charge in [0.2, 0.25) is 11.8 Å². The van der Waals surface area contributed by atoms with Crippen LogP contribution in [0.3, 0.4) is 0 Å². The van der Waals surface area contributed by atoms with Crippen LogP contribution in [0.15, 0.2) is 48.5 Å². The van der Waals surface area contributed by atoms with E-state index in [1.165, 1.54) is 18.2 Å². The van der Waals surface area contributed by atoms with E-state index in [1.807, 2.05) is 31.2 Å². The van der Waals surface area contributed by atoms with Crippen molar-refractivity contribution >= 4 is 23.2 Å². The van der Waals surface area contributed by atoms with Crippen LogP contribution in [0.25, 0.3) is 0 Å².